The summed E-state index contributed by atoms with van der Waals surface area (Å²) in [5.41, 5.74) is 1.87. The number of hydrogen-bond acceptors (Lipinski definition) is 4. The molecule has 2 N–H and O–H groups in total. The monoisotopic (exact) mass is 374 g/mol. The number of ether oxygens (including phenoxy) is 1. The van der Waals surface area contributed by atoms with Crippen LogP contribution in [0.2, 0.25) is 5.02 Å². The van der Waals surface area contributed by atoms with Gasteiger partial charge in [0.25, 0.3) is 5.91 Å². The molecule has 3 rings (SSSR count). The van der Waals surface area contributed by atoms with Gasteiger partial charge in [-0.25, -0.2) is 0 Å². The molecule has 25 heavy (non-hydrogen) atoms. The van der Waals surface area contributed by atoms with E-state index in [0.29, 0.717) is 33.7 Å². The summed E-state index contributed by atoms with van der Waals surface area (Å²) in [6.07, 6.45) is 1.66. The van der Waals surface area contributed by atoms with Gasteiger partial charge in [0.15, 0.2) is 16.6 Å². The second kappa shape index (κ2) is 7.13. The topological polar surface area (TPSA) is 61.8 Å². The fraction of sp³-hybridized carbons (Fsp3) is 0.111. The first-order valence-corrected chi connectivity index (χ1v) is 8.23. The van der Waals surface area contributed by atoms with Gasteiger partial charge in [0, 0.05) is 5.02 Å². The third kappa shape index (κ3) is 3.60. The average molecular weight is 375 g/mol. The van der Waals surface area contributed by atoms with E-state index in [4.69, 9.17) is 28.6 Å². The first-order valence-electron chi connectivity index (χ1n) is 7.44. The van der Waals surface area contributed by atoms with Crippen molar-refractivity contribution in [2.24, 2.45) is 0 Å². The van der Waals surface area contributed by atoms with E-state index in [1.165, 1.54) is 18.1 Å². The zero-order valence-corrected chi connectivity index (χ0v) is 14.9. The lowest BCUT2D eigenvalue weighted by molar-refractivity contribution is -0.122. The summed E-state index contributed by atoms with van der Waals surface area (Å²) in [6, 6.07) is 12.1. The van der Waals surface area contributed by atoms with Crippen LogP contribution in [-0.4, -0.2) is 28.1 Å². The Morgan fingerprint density at radius 3 is 2.80 bits per heavy atom. The molecule has 0 bridgehead atoms. The molecule has 1 heterocycles. The van der Waals surface area contributed by atoms with Crippen LogP contribution in [0.15, 0.2) is 48.2 Å². The van der Waals surface area contributed by atoms with E-state index in [2.05, 4.69) is 5.32 Å². The van der Waals surface area contributed by atoms with Crippen LogP contribution < -0.4 is 10.1 Å². The molecule has 1 aliphatic rings. The molecular weight excluding hydrogens is 360 g/mol. The van der Waals surface area contributed by atoms with Crippen molar-refractivity contribution in [1.82, 2.24) is 10.2 Å². The van der Waals surface area contributed by atoms with E-state index in [9.17, 15) is 9.90 Å². The van der Waals surface area contributed by atoms with Gasteiger partial charge in [-0.3, -0.25) is 9.69 Å². The standard InChI is InChI=1S/C18H15ClN2O3S/c1-24-16-9-11(6-7-15(16)22)8-14-17(23)21(18(25)20-14)10-12-4-2-3-5-13(12)19/h2-9,22H,10H2,1H3,(H,20,25)/b14-8-. The van der Waals surface area contributed by atoms with Gasteiger partial charge >= 0.3 is 0 Å². The number of methoxy groups -OCH3 is 1. The molecule has 0 aromatic heterocycles. The molecule has 0 unspecified atom stereocenters. The van der Waals surface area contributed by atoms with Crippen LogP contribution in [0.4, 0.5) is 0 Å². The summed E-state index contributed by atoms with van der Waals surface area (Å²) in [5.74, 6) is 0.124. The van der Waals surface area contributed by atoms with Crippen molar-refractivity contribution in [3.8, 4) is 11.5 Å². The number of benzene rings is 2. The molecule has 0 atom stereocenters. The fourth-order valence-corrected chi connectivity index (χ4v) is 2.92. The largest absolute Gasteiger partial charge is 0.504 e. The van der Waals surface area contributed by atoms with E-state index in [1.54, 1.807) is 24.3 Å². The first-order chi connectivity index (χ1) is 12.0. The zero-order valence-electron chi connectivity index (χ0n) is 13.3. The number of aromatic hydroxyl groups is 1. The van der Waals surface area contributed by atoms with Crippen LogP contribution in [0.5, 0.6) is 11.5 Å². The van der Waals surface area contributed by atoms with Crippen molar-refractivity contribution in [1.29, 1.82) is 0 Å². The number of carbonyl (C=O) groups excluding carboxylic acids is 1. The van der Waals surface area contributed by atoms with Gasteiger partial charge in [0.2, 0.25) is 0 Å². The minimum Gasteiger partial charge on any atom is -0.504 e. The molecular formula is C18H15ClN2O3S. The summed E-state index contributed by atoms with van der Waals surface area (Å²) in [7, 11) is 1.46. The predicted octanol–water partition coefficient (Wildman–Crippen LogP) is 3.31. The van der Waals surface area contributed by atoms with Crippen molar-refractivity contribution in [3.05, 3.63) is 64.3 Å². The highest BCUT2D eigenvalue weighted by atomic mass is 35.5. The molecule has 1 aliphatic heterocycles. The van der Waals surface area contributed by atoms with Crippen LogP contribution >= 0.6 is 23.8 Å². The van der Waals surface area contributed by atoms with E-state index in [0.717, 1.165) is 5.56 Å². The SMILES string of the molecule is COc1cc(/C=C2\NC(=S)N(Cc3ccccc3Cl)C2=O)ccc1O. The fourth-order valence-electron chi connectivity index (χ4n) is 2.46. The number of phenolic OH excluding ortho intramolecular Hbond substituents is 1. The molecule has 2 aromatic rings. The van der Waals surface area contributed by atoms with Crippen molar-refractivity contribution in [3.63, 3.8) is 0 Å². The summed E-state index contributed by atoms with van der Waals surface area (Å²) in [6.45, 7) is 0.292. The van der Waals surface area contributed by atoms with Crippen LogP contribution in [0.25, 0.3) is 6.08 Å². The van der Waals surface area contributed by atoms with Gasteiger partial charge in [-0.2, -0.15) is 0 Å². The van der Waals surface area contributed by atoms with Gasteiger partial charge in [-0.05, 0) is 47.6 Å². The average Bonchev–Trinajstić information content (AvgIpc) is 2.86. The predicted molar refractivity (Wildman–Crippen MR) is 100 cm³/mol. The van der Waals surface area contributed by atoms with Crippen LogP contribution in [0.3, 0.4) is 0 Å². The van der Waals surface area contributed by atoms with Gasteiger partial charge in [0.05, 0.1) is 13.7 Å². The van der Waals surface area contributed by atoms with E-state index in [1.807, 2.05) is 18.2 Å². The van der Waals surface area contributed by atoms with E-state index in [-0.39, 0.29) is 11.7 Å². The van der Waals surface area contributed by atoms with Crippen molar-refractivity contribution < 1.29 is 14.6 Å². The Morgan fingerprint density at radius 1 is 1.32 bits per heavy atom. The first kappa shape index (κ1) is 17.3. The second-order valence-electron chi connectivity index (χ2n) is 5.40. The maximum Gasteiger partial charge on any atom is 0.276 e. The lowest BCUT2D eigenvalue weighted by Crippen LogP contribution is -2.30. The molecule has 7 heteroatoms. The highest BCUT2D eigenvalue weighted by Gasteiger charge is 2.31. The van der Waals surface area contributed by atoms with Crippen LogP contribution in [0.1, 0.15) is 11.1 Å². The van der Waals surface area contributed by atoms with Gasteiger partial charge in [-0.15, -0.1) is 0 Å². The van der Waals surface area contributed by atoms with Crippen molar-refractivity contribution in [2.45, 2.75) is 6.54 Å². The third-order valence-electron chi connectivity index (χ3n) is 3.76. The summed E-state index contributed by atoms with van der Waals surface area (Å²) in [5, 5.41) is 13.5. The van der Waals surface area contributed by atoms with Gasteiger partial charge in [0.1, 0.15) is 5.70 Å². The summed E-state index contributed by atoms with van der Waals surface area (Å²) in [4.78, 5) is 14.1. The Labute approximate surface area is 155 Å². The molecule has 1 fully saturated rings. The number of amides is 1. The lowest BCUT2D eigenvalue weighted by atomic mass is 10.1. The molecule has 0 aliphatic carbocycles. The maximum atomic E-state index is 12.6. The smallest absolute Gasteiger partial charge is 0.276 e. The molecule has 2 aromatic carbocycles. The molecule has 0 saturated carbocycles. The van der Waals surface area contributed by atoms with E-state index < -0.39 is 0 Å². The molecule has 1 amide bonds. The minimum atomic E-state index is -0.239. The number of halogens is 1. The summed E-state index contributed by atoms with van der Waals surface area (Å²) >= 11 is 11.4. The number of phenols is 1. The summed E-state index contributed by atoms with van der Waals surface area (Å²) < 4.78 is 5.08. The Morgan fingerprint density at radius 2 is 2.08 bits per heavy atom. The van der Waals surface area contributed by atoms with Gasteiger partial charge in [-0.1, -0.05) is 35.9 Å². The molecule has 0 radical (unpaired) electrons. The highest BCUT2D eigenvalue weighted by Crippen LogP contribution is 2.28. The Bertz CT molecular complexity index is 882. The number of thiocarbonyl (C=S) groups is 1. The molecule has 5 nitrogen and oxygen atoms in total. The maximum absolute atomic E-state index is 12.6. The van der Waals surface area contributed by atoms with Crippen LogP contribution in [0, 0.1) is 0 Å². The van der Waals surface area contributed by atoms with Gasteiger partial charge < -0.3 is 15.2 Å². The number of carbonyl (C=O) groups is 1. The second-order valence-corrected chi connectivity index (χ2v) is 6.20. The number of rotatable bonds is 4. The normalized spacial score (nSPS) is 15.6. The Hall–Kier alpha value is -2.57. The minimum absolute atomic E-state index is 0.0335. The quantitative estimate of drug-likeness (QED) is 0.635. The molecule has 0 spiro atoms. The molecule has 128 valence electrons. The highest BCUT2D eigenvalue weighted by molar-refractivity contribution is 7.80. The lowest BCUT2D eigenvalue weighted by Gasteiger charge is -2.14. The zero-order chi connectivity index (χ0) is 18.0. The third-order valence-corrected chi connectivity index (χ3v) is 4.45. The number of nitrogens with zero attached hydrogens (tertiary/aromatic N) is 1. The van der Waals surface area contributed by atoms with E-state index >= 15 is 0 Å². The Kier molecular flexibility index (Phi) is 4.92. The van der Waals surface area contributed by atoms with Crippen LogP contribution in [-0.2, 0) is 11.3 Å². The molecule has 1 saturated heterocycles. The van der Waals surface area contributed by atoms with Crippen molar-refractivity contribution >= 4 is 40.9 Å². The van der Waals surface area contributed by atoms with Crippen molar-refractivity contribution in [2.75, 3.05) is 7.11 Å². The Balaban J connectivity index is 1.85. The number of hydrogen-bond donors (Lipinski definition) is 2. The number of nitrogens with one attached hydrogen (secondary N) is 1.